The van der Waals surface area contributed by atoms with Gasteiger partial charge in [0.15, 0.2) is 27.4 Å². The number of methoxy groups -OCH3 is 1. The molecule has 0 aliphatic carbocycles. The van der Waals surface area contributed by atoms with E-state index in [1.165, 1.54) is 23.1 Å². The first-order valence-corrected chi connectivity index (χ1v) is 11.7. The summed E-state index contributed by atoms with van der Waals surface area (Å²) >= 11 is 2.78. The predicted molar refractivity (Wildman–Crippen MR) is 126 cm³/mol. The molecule has 0 atom stereocenters. The molecule has 1 N–H and O–H groups in total. The van der Waals surface area contributed by atoms with Crippen molar-refractivity contribution in [3.05, 3.63) is 48.5 Å². The highest BCUT2D eigenvalue weighted by Gasteiger charge is 2.19. The lowest BCUT2D eigenvalue weighted by Crippen LogP contribution is -2.14. The summed E-state index contributed by atoms with van der Waals surface area (Å²) in [5.74, 6) is 1.93. The average Bonchev–Trinajstić information content (AvgIpc) is 3.52. The van der Waals surface area contributed by atoms with Crippen LogP contribution in [0.2, 0.25) is 0 Å². The molecule has 0 spiro atoms. The fraction of sp³-hybridized carbons (Fsp3) is 0.182. The normalized spacial score (nSPS) is 11.3. The van der Waals surface area contributed by atoms with Crippen LogP contribution in [-0.2, 0) is 11.3 Å². The summed E-state index contributed by atoms with van der Waals surface area (Å²) in [7, 11) is 1.61. The van der Waals surface area contributed by atoms with Crippen molar-refractivity contribution in [3.63, 3.8) is 0 Å². The zero-order valence-electron chi connectivity index (χ0n) is 17.4. The largest absolute Gasteiger partial charge is 0.493 e. The molecule has 0 bridgehead atoms. The lowest BCUT2D eigenvalue weighted by molar-refractivity contribution is -0.113. The molecule has 0 saturated carbocycles. The van der Waals surface area contributed by atoms with Gasteiger partial charge in [-0.05, 0) is 31.2 Å². The summed E-state index contributed by atoms with van der Waals surface area (Å²) in [4.78, 5) is 16.9. The zero-order valence-corrected chi connectivity index (χ0v) is 19.0. The second-order valence-corrected chi connectivity index (χ2v) is 8.84. The number of benzene rings is 2. The molecular formula is C22H19N5O3S2. The topological polar surface area (TPSA) is 95.1 Å². The first-order chi connectivity index (χ1) is 15.7. The molecule has 3 aromatic heterocycles. The molecule has 162 valence electrons. The first-order valence-electron chi connectivity index (χ1n) is 9.94. The van der Waals surface area contributed by atoms with Crippen molar-refractivity contribution in [2.45, 2.75) is 18.6 Å². The van der Waals surface area contributed by atoms with Gasteiger partial charge in [0.05, 0.1) is 23.1 Å². The molecule has 0 fully saturated rings. The van der Waals surface area contributed by atoms with Crippen LogP contribution in [0.5, 0.6) is 5.75 Å². The number of para-hydroxylation sites is 2. The Labute approximate surface area is 191 Å². The SMILES string of the molecule is CCn1c(SCC(=O)Nc2nc3ccccc3s2)nnc1-c1cc2cccc(OC)c2o1. The Morgan fingerprint density at radius 3 is 2.91 bits per heavy atom. The number of aromatic nitrogens is 4. The van der Waals surface area contributed by atoms with E-state index in [0.717, 1.165) is 15.6 Å². The number of amides is 1. The van der Waals surface area contributed by atoms with Crippen molar-refractivity contribution in [1.82, 2.24) is 19.7 Å². The van der Waals surface area contributed by atoms with Gasteiger partial charge in [-0.15, -0.1) is 10.2 Å². The van der Waals surface area contributed by atoms with Crippen LogP contribution in [0, 0.1) is 0 Å². The average molecular weight is 466 g/mol. The van der Waals surface area contributed by atoms with Crippen LogP contribution < -0.4 is 10.1 Å². The van der Waals surface area contributed by atoms with Gasteiger partial charge in [-0.2, -0.15) is 0 Å². The molecule has 5 aromatic rings. The van der Waals surface area contributed by atoms with E-state index in [2.05, 4.69) is 20.5 Å². The van der Waals surface area contributed by atoms with E-state index in [1.54, 1.807) is 7.11 Å². The quantitative estimate of drug-likeness (QED) is 0.336. The molecule has 2 aromatic carbocycles. The molecule has 0 aliphatic heterocycles. The van der Waals surface area contributed by atoms with E-state index in [4.69, 9.17) is 9.15 Å². The lowest BCUT2D eigenvalue weighted by atomic mass is 10.2. The molecule has 1 amide bonds. The minimum atomic E-state index is -0.144. The molecule has 32 heavy (non-hydrogen) atoms. The number of nitrogens with zero attached hydrogens (tertiary/aromatic N) is 4. The number of thioether (sulfide) groups is 1. The van der Waals surface area contributed by atoms with Gasteiger partial charge in [0.2, 0.25) is 11.7 Å². The molecule has 0 aliphatic rings. The Morgan fingerprint density at radius 2 is 2.09 bits per heavy atom. The molecular weight excluding hydrogens is 446 g/mol. The van der Waals surface area contributed by atoms with E-state index < -0.39 is 0 Å². The van der Waals surface area contributed by atoms with Gasteiger partial charge in [-0.25, -0.2) is 4.98 Å². The van der Waals surface area contributed by atoms with E-state index in [1.807, 2.05) is 60.0 Å². The molecule has 10 heteroatoms. The summed E-state index contributed by atoms with van der Waals surface area (Å²) < 4.78 is 14.4. The van der Waals surface area contributed by atoms with Crippen molar-refractivity contribution in [1.29, 1.82) is 0 Å². The second-order valence-electron chi connectivity index (χ2n) is 6.86. The highest BCUT2D eigenvalue weighted by Crippen LogP contribution is 2.34. The molecule has 0 saturated heterocycles. The van der Waals surface area contributed by atoms with E-state index in [-0.39, 0.29) is 11.7 Å². The van der Waals surface area contributed by atoms with Crippen LogP contribution in [-0.4, -0.2) is 38.5 Å². The molecule has 0 radical (unpaired) electrons. The number of fused-ring (bicyclic) bond motifs is 2. The molecule has 0 unspecified atom stereocenters. The van der Waals surface area contributed by atoms with Crippen LogP contribution in [0.1, 0.15) is 6.92 Å². The van der Waals surface area contributed by atoms with Crippen molar-refractivity contribution in [2.24, 2.45) is 0 Å². The lowest BCUT2D eigenvalue weighted by Gasteiger charge is -2.05. The smallest absolute Gasteiger partial charge is 0.236 e. The van der Waals surface area contributed by atoms with Gasteiger partial charge >= 0.3 is 0 Å². The fourth-order valence-corrected chi connectivity index (χ4v) is 5.07. The van der Waals surface area contributed by atoms with Crippen LogP contribution in [0.3, 0.4) is 0 Å². The zero-order chi connectivity index (χ0) is 22.1. The van der Waals surface area contributed by atoms with Crippen molar-refractivity contribution >= 4 is 55.3 Å². The van der Waals surface area contributed by atoms with Crippen LogP contribution in [0.25, 0.3) is 32.8 Å². The molecule has 3 heterocycles. The Morgan fingerprint density at radius 1 is 1.22 bits per heavy atom. The fourth-order valence-electron chi connectivity index (χ4n) is 3.38. The second kappa shape index (κ2) is 8.64. The number of carbonyl (C=O) groups is 1. The highest BCUT2D eigenvalue weighted by atomic mass is 32.2. The third kappa shape index (κ3) is 3.82. The third-order valence-electron chi connectivity index (χ3n) is 4.85. The summed E-state index contributed by atoms with van der Waals surface area (Å²) in [6.07, 6.45) is 0. The monoisotopic (exact) mass is 465 g/mol. The number of rotatable bonds is 7. The number of furan rings is 1. The maximum atomic E-state index is 12.5. The Hall–Kier alpha value is -3.37. The molecule has 8 nitrogen and oxygen atoms in total. The Bertz CT molecular complexity index is 1390. The Balaban J connectivity index is 1.32. The van der Waals surface area contributed by atoms with Crippen LogP contribution in [0.15, 0.2) is 58.1 Å². The first kappa shape index (κ1) is 20.5. The summed E-state index contributed by atoms with van der Waals surface area (Å²) in [6, 6.07) is 15.4. The van der Waals surface area contributed by atoms with Gasteiger partial charge in [0, 0.05) is 11.9 Å². The summed E-state index contributed by atoms with van der Waals surface area (Å²) in [5, 5.41) is 13.6. The van der Waals surface area contributed by atoms with Crippen molar-refractivity contribution in [2.75, 3.05) is 18.2 Å². The van der Waals surface area contributed by atoms with Crippen molar-refractivity contribution in [3.8, 4) is 17.3 Å². The number of ether oxygens (including phenoxy) is 1. The number of carbonyl (C=O) groups excluding carboxylic acids is 1. The van der Waals surface area contributed by atoms with Crippen molar-refractivity contribution < 1.29 is 13.9 Å². The number of thiazole rings is 1. The van der Waals surface area contributed by atoms with E-state index in [0.29, 0.717) is 39.7 Å². The van der Waals surface area contributed by atoms with Crippen LogP contribution >= 0.6 is 23.1 Å². The highest BCUT2D eigenvalue weighted by molar-refractivity contribution is 7.99. The minimum absolute atomic E-state index is 0.144. The standard InChI is InChI=1S/C22H19N5O3S2/c1-3-27-20(16-11-13-7-6-9-15(29-2)19(13)30-16)25-26-22(27)31-12-18(28)24-21-23-14-8-4-5-10-17(14)32-21/h4-11H,3,12H2,1-2H3,(H,23,24,28). The number of nitrogens with one attached hydrogen (secondary N) is 1. The summed E-state index contributed by atoms with van der Waals surface area (Å²) in [6.45, 7) is 2.64. The minimum Gasteiger partial charge on any atom is -0.493 e. The third-order valence-corrected chi connectivity index (χ3v) is 6.77. The maximum Gasteiger partial charge on any atom is 0.236 e. The Kier molecular flexibility index (Phi) is 5.54. The van der Waals surface area contributed by atoms with Gasteiger partial charge < -0.3 is 14.5 Å². The van der Waals surface area contributed by atoms with Crippen LogP contribution in [0.4, 0.5) is 5.13 Å². The van der Waals surface area contributed by atoms with Gasteiger partial charge in [-0.1, -0.05) is 47.4 Å². The number of hydrogen-bond donors (Lipinski definition) is 1. The summed E-state index contributed by atoms with van der Waals surface area (Å²) in [5.41, 5.74) is 1.54. The maximum absolute atomic E-state index is 12.5. The van der Waals surface area contributed by atoms with E-state index in [9.17, 15) is 4.79 Å². The number of anilines is 1. The predicted octanol–water partition coefficient (Wildman–Crippen LogP) is 5.06. The van der Waals surface area contributed by atoms with E-state index >= 15 is 0 Å². The molecule has 5 rings (SSSR count). The number of hydrogen-bond acceptors (Lipinski definition) is 8. The van der Waals surface area contributed by atoms with Gasteiger partial charge in [-0.3, -0.25) is 9.36 Å². The van der Waals surface area contributed by atoms with Gasteiger partial charge in [0.25, 0.3) is 0 Å². The van der Waals surface area contributed by atoms with Gasteiger partial charge in [0.1, 0.15) is 0 Å².